The maximum atomic E-state index is 13.6. The summed E-state index contributed by atoms with van der Waals surface area (Å²) in [7, 11) is 5.05. The summed E-state index contributed by atoms with van der Waals surface area (Å²) in [6, 6.07) is 13.2. The van der Waals surface area contributed by atoms with E-state index in [0.29, 0.717) is 12.1 Å². The van der Waals surface area contributed by atoms with Gasteiger partial charge in [0.25, 0.3) is 11.8 Å². The molecule has 0 aliphatic carbocycles. The van der Waals surface area contributed by atoms with E-state index in [2.05, 4.69) is 39.5 Å². The van der Waals surface area contributed by atoms with Gasteiger partial charge < -0.3 is 34.1 Å². The number of anilines is 1. The Kier molecular flexibility index (Phi) is 16.6. The predicted molar refractivity (Wildman–Crippen MR) is 191 cm³/mol. The summed E-state index contributed by atoms with van der Waals surface area (Å²) in [6.45, 7) is 9.35. The predicted octanol–water partition coefficient (Wildman–Crippen LogP) is 6.20. The van der Waals surface area contributed by atoms with E-state index in [4.69, 9.17) is 30.5 Å². The van der Waals surface area contributed by atoms with E-state index in [-0.39, 0.29) is 54.7 Å². The second-order valence-corrected chi connectivity index (χ2v) is 11.8. The van der Waals surface area contributed by atoms with Crippen molar-refractivity contribution in [2.24, 2.45) is 5.10 Å². The van der Waals surface area contributed by atoms with Crippen LogP contribution in [-0.2, 0) is 22.2 Å². The zero-order valence-electron chi connectivity index (χ0n) is 29.4. The summed E-state index contributed by atoms with van der Waals surface area (Å²) in [5, 5.41) is 6.19. The molecule has 2 amide bonds. The molecule has 2 N–H and O–H groups in total. The van der Waals surface area contributed by atoms with Crippen LogP contribution in [0.5, 0.6) is 11.5 Å². The lowest BCUT2D eigenvalue weighted by atomic mass is 10.1. The minimum absolute atomic E-state index is 0.0459. The minimum Gasteiger partial charge on any atom is -0.487 e. The third-order valence-electron chi connectivity index (χ3n) is 7.68. The number of nitrogens with one attached hydrogen (secondary N) is 2. The molecule has 0 unspecified atom stereocenters. The number of ether oxygens (including phenoxy) is 4. The number of carbonyl (C=O) groups excluding carboxylic acids is 2. The molecule has 0 atom stereocenters. The van der Waals surface area contributed by atoms with Crippen LogP contribution in [0.2, 0.25) is 5.02 Å². The highest BCUT2D eigenvalue weighted by Gasteiger charge is 2.33. The fraction of sp³-hybridized carbons (Fsp3) is 0.417. The maximum absolute atomic E-state index is 13.6. The van der Waals surface area contributed by atoms with Gasteiger partial charge in [-0.2, -0.15) is 18.3 Å². The van der Waals surface area contributed by atoms with Crippen LogP contribution in [-0.4, -0.2) is 102 Å². The van der Waals surface area contributed by atoms with Crippen molar-refractivity contribution in [3.63, 3.8) is 0 Å². The van der Waals surface area contributed by atoms with Gasteiger partial charge in [-0.25, -0.2) is 5.43 Å². The minimum atomic E-state index is -4.68. The number of benzene rings is 3. The van der Waals surface area contributed by atoms with Gasteiger partial charge in [-0.15, -0.1) is 0 Å². The Balaban J connectivity index is 1.91. The van der Waals surface area contributed by atoms with E-state index in [1.807, 2.05) is 13.1 Å². The summed E-state index contributed by atoms with van der Waals surface area (Å²) >= 11 is 5.72. The molecular formula is C36H45ClF3N5O6. The number of alkyl halides is 3. The molecule has 51 heavy (non-hydrogen) atoms. The largest absolute Gasteiger partial charge is 0.487 e. The van der Waals surface area contributed by atoms with Crippen molar-refractivity contribution >= 4 is 35.3 Å². The number of halogens is 4. The molecule has 0 fully saturated rings. The number of carbonyl (C=O) groups is 2. The lowest BCUT2D eigenvalue weighted by Crippen LogP contribution is -2.32. The van der Waals surface area contributed by atoms with Crippen molar-refractivity contribution in [2.45, 2.75) is 26.6 Å². The number of methoxy groups -OCH3 is 2. The Labute approximate surface area is 301 Å². The SMILES string of the molecule is CCN(CC)CCN(C)Cc1cccc(C(=O)Nc2cc(OCCOC)c(OCCOC)cc2C(=O)N/N=C/c2ccc(Cl)c(C(F)(F)F)c2)c1. The number of likely N-dealkylation sites (N-methyl/N-ethyl adjacent to an activating group) is 2. The topological polar surface area (TPSA) is 114 Å². The van der Waals surface area contributed by atoms with Gasteiger partial charge in [0.15, 0.2) is 11.5 Å². The molecule has 11 nitrogen and oxygen atoms in total. The third kappa shape index (κ3) is 13.1. The second kappa shape index (κ2) is 20.6. The van der Waals surface area contributed by atoms with Crippen LogP contribution in [0.3, 0.4) is 0 Å². The molecule has 3 aromatic carbocycles. The van der Waals surface area contributed by atoms with Crippen molar-refractivity contribution in [1.82, 2.24) is 15.2 Å². The fourth-order valence-corrected chi connectivity index (χ4v) is 5.09. The van der Waals surface area contributed by atoms with Gasteiger partial charge in [-0.05, 0) is 61.6 Å². The van der Waals surface area contributed by atoms with Crippen LogP contribution >= 0.6 is 11.6 Å². The maximum Gasteiger partial charge on any atom is 0.417 e. The second-order valence-electron chi connectivity index (χ2n) is 11.4. The van der Waals surface area contributed by atoms with E-state index in [9.17, 15) is 22.8 Å². The van der Waals surface area contributed by atoms with Gasteiger partial charge in [-0.1, -0.05) is 43.6 Å². The molecule has 0 spiro atoms. The molecular weight excluding hydrogens is 691 g/mol. The normalized spacial score (nSPS) is 11.7. The zero-order chi connectivity index (χ0) is 37.4. The smallest absolute Gasteiger partial charge is 0.417 e. The average molecular weight is 736 g/mol. The number of hydrogen-bond donors (Lipinski definition) is 2. The molecule has 0 aromatic heterocycles. The van der Waals surface area contributed by atoms with E-state index in [1.54, 1.807) is 18.2 Å². The summed E-state index contributed by atoms with van der Waals surface area (Å²) in [4.78, 5) is 31.6. The van der Waals surface area contributed by atoms with Crippen LogP contribution < -0.4 is 20.2 Å². The van der Waals surface area contributed by atoms with Crippen molar-refractivity contribution in [3.8, 4) is 11.5 Å². The molecule has 0 bridgehead atoms. The van der Waals surface area contributed by atoms with Crippen LogP contribution in [0.25, 0.3) is 0 Å². The molecule has 278 valence electrons. The lowest BCUT2D eigenvalue weighted by molar-refractivity contribution is -0.137. The van der Waals surface area contributed by atoms with E-state index in [0.717, 1.165) is 50.1 Å². The van der Waals surface area contributed by atoms with Crippen LogP contribution in [0, 0.1) is 0 Å². The fourth-order valence-electron chi connectivity index (χ4n) is 4.86. The first-order valence-electron chi connectivity index (χ1n) is 16.3. The quantitative estimate of drug-likeness (QED) is 0.0802. The van der Waals surface area contributed by atoms with Crippen molar-refractivity contribution in [1.29, 1.82) is 0 Å². The van der Waals surface area contributed by atoms with Gasteiger partial charge in [0, 0.05) is 45.5 Å². The summed E-state index contributed by atoms with van der Waals surface area (Å²) in [5.41, 5.74) is 2.64. The third-order valence-corrected chi connectivity index (χ3v) is 8.01. The first kappa shape index (κ1) is 41.2. The Morgan fingerprint density at radius 3 is 2.18 bits per heavy atom. The van der Waals surface area contributed by atoms with Crippen LogP contribution in [0.4, 0.5) is 18.9 Å². The first-order valence-corrected chi connectivity index (χ1v) is 16.7. The summed E-state index contributed by atoms with van der Waals surface area (Å²) in [6.07, 6.45) is -3.63. The van der Waals surface area contributed by atoms with Gasteiger partial charge in [0.2, 0.25) is 0 Å². The van der Waals surface area contributed by atoms with Gasteiger partial charge >= 0.3 is 6.18 Å². The standard InChI is InChI=1S/C36H45ClF3N5O6/c1-6-45(7-2)14-13-44(3)24-26-9-8-10-27(19-26)34(46)42-31-22-33(51-18-16-49-5)32(50-17-15-48-4)21-28(31)35(47)43-41-23-25-11-12-30(37)29(20-25)36(38,39)40/h8-12,19-23H,6-7,13-18,24H2,1-5H3,(H,42,46)(H,43,47)/b41-23+. The highest BCUT2D eigenvalue weighted by Crippen LogP contribution is 2.36. The highest BCUT2D eigenvalue weighted by atomic mass is 35.5. The Morgan fingerprint density at radius 2 is 1.55 bits per heavy atom. The average Bonchev–Trinajstić information content (AvgIpc) is 3.10. The number of nitrogens with zero attached hydrogens (tertiary/aromatic N) is 3. The molecule has 15 heteroatoms. The Hall–Kier alpha value is -4.21. The van der Waals surface area contributed by atoms with Crippen molar-refractivity contribution < 1.29 is 41.7 Å². The molecule has 0 aliphatic heterocycles. The van der Waals surface area contributed by atoms with Crippen molar-refractivity contribution in [3.05, 3.63) is 87.4 Å². The summed E-state index contributed by atoms with van der Waals surface area (Å²) < 4.78 is 61.9. The van der Waals surface area contributed by atoms with Gasteiger partial charge in [-0.3, -0.25) is 9.59 Å². The molecule has 0 heterocycles. The number of amides is 2. The van der Waals surface area contributed by atoms with Gasteiger partial charge in [0.1, 0.15) is 13.2 Å². The number of hydrazone groups is 1. The molecule has 0 radical (unpaired) electrons. The Bertz CT molecular complexity index is 1620. The van der Waals surface area contributed by atoms with E-state index >= 15 is 0 Å². The van der Waals surface area contributed by atoms with Crippen molar-refractivity contribution in [2.75, 3.05) is 79.2 Å². The monoisotopic (exact) mass is 735 g/mol. The number of rotatable bonds is 20. The number of hydrogen-bond acceptors (Lipinski definition) is 9. The Morgan fingerprint density at radius 1 is 0.882 bits per heavy atom. The molecule has 3 aromatic rings. The highest BCUT2D eigenvalue weighted by molar-refractivity contribution is 6.31. The summed E-state index contributed by atoms with van der Waals surface area (Å²) in [5.74, 6) is -0.868. The van der Waals surface area contributed by atoms with Crippen LogP contribution in [0.1, 0.15) is 51.3 Å². The molecule has 0 saturated heterocycles. The van der Waals surface area contributed by atoms with E-state index < -0.39 is 28.6 Å². The molecule has 0 saturated carbocycles. The molecule has 0 aliphatic rings. The zero-order valence-corrected chi connectivity index (χ0v) is 30.2. The first-order chi connectivity index (χ1) is 24.4. The lowest BCUT2D eigenvalue weighted by Gasteiger charge is -2.23. The van der Waals surface area contributed by atoms with Gasteiger partial charge in [0.05, 0.1) is 41.3 Å². The van der Waals surface area contributed by atoms with E-state index in [1.165, 1.54) is 32.4 Å². The molecule has 3 rings (SSSR count). The van der Waals surface area contributed by atoms with Crippen LogP contribution in [0.15, 0.2) is 59.7 Å².